The van der Waals surface area contributed by atoms with Crippen molar-refractivity contribution in [1.29, 1.82) is 0 Å². The summed E-state index contributed by atoms with van der Waals surface area (Å²) < 4.78 is 0. The van der Waals surface area contributed by atoms with Gasteiger partial charge in [-0.1, -0.05) is 20.8 Å². The molecule has 6 heteroatoms. The first-order chi connectivity index (χ1) is 8.24. The normalized spacial score (nSPS) is 24.8. The molecule has 1 atom stereocenters. The van der Waals surface area contributed by atoms with Gasteiger partial charge in [0.05, 0.1) is 5.75 Å². The van der Waals surface area contributed by atoms with Gasteiger partial charge in [0.1, 0.15) is 5.66 Å². The van der Waals surface area contributed by atoms with Crippen LogP contribution in [0.1, 0.15) is 40.0 Å². The number of carboxylic acid groups (broad SMARTS) is 1. The van der Waals surface area contributed by atoms with Crippen molar-refractivity contribution in [2.24, 2.45) is 5.41 Å². The third kappa shape index (κ3) is 2.74. The molecule has 0 saturated carbocycles. The maximum Gasteiger partial charge on any atom is 0.409 e. The average Bonchev–Trinajstić information content (AvgIpc) is 2.27. The van der Waals surface area contributed by atoms with Crippen LogP contribution < -0.4 is 5.32 Å². The molecule has 0 aliphatic carbocycles. The molecule has 1 rings (SSSR count). The number of thiol groups is 1. The smallest absolute Gasteiger partial charge is 0.409 e. The Morgan fingerprint density at radius 2 is 2.00 bits per heavy atom. The van der Waals surface area contributed by atoms with Crippen LogP contribution in [0, 0.1) is 5.41 Å². The number of carbonyl (C=O) groups is 2. The highest BCUT2D eigenvalue weighted by Crippen LogP contribution is 2.40. The Kier molecular flexibility index (Phi) is 4.53. The Balaban J connectivity index is 3.15. The molecule has 0 aromatic heterocycles. The third-order valence-corrected chi connectivity index (χ3v) is 3.88. The van der Waals surface area contributed by atoms with Crippen LogP contribution in [0.15, 0.2) is 0 Å². The summed E-state index contributed by atoms with van der Waals surface area (Å²) in [6, 6.07) is 0. The Morgan fingerprint density at radius 3 is 2.44 bits per heavy atom. The average molecular weight is 274 g/mol. The quantitative estimate of drug-likeness (QED) is 0.674. The molecular formula is C12H22N2O3S. The highest BCUT2D eigenvalue weighted by molar-refractivity contribution is 7.81. The standard InChI is InChI=1S/C12H22N2O3S/c1-11(2,3)12(13-9(15)8-18)6-4-5-7-14(12)10(16)17/h18H,4-8H2,1-3H3,(H,13,15)(H,16,17). The topological polar surface area (TPSA) is 69.6 Å². The van der Waals surface area contributed by atoms with Gasteiger partial charge in [-0.3, -0.25) is 9.69 Å². The first-order valence-corrected chi connectivity index (χ1v) is 6.80. The number of hydrogen-bond donors (Lipinski definition) is 3. The van der Waals surface area contributed by atoms with Crippen molar-refractivity contribution in [3.05, 3.63) is 0 Å². The number of carbonyl (C=O) groups excluding carboxylic acids is 1. The van der Waals surface area contributed by atoms with Crippen molar-refractivity contribution >= 4 is 24.6 Å². The fourth-order valence-electron chi connectivity index (χ4n) is 2.60. The highest BCUT2D eigenvalue weighted by atomic mass is 32.1. The van der Waals surface area contributed by atoms with E-state index in [2.05, 4.69) is 17.9 Å². The zero-order valence-electron chi connectivity index (χ0n) is 11.2. The number of rotatable bonds is 2. The van der Waals surface area contributed by atoms with E-state index in [-0.39, 0.29) is 17.1 Å². The molecule has 0 aromatic rings. The molecular weight excluding hydrogens is 252 g/mol. The lowest BCUT2D eigenvalue weighted by atomic mass is 9.74. The Morgan fingerprint density at radius 1 is 1.39 bits per heavy atom. The van der Waals surface area contributed by atoms with E-state index < -0.39 is 11.8 Å². The van der Waals surface area contributed by atoms with Gasteiger partial charge in [-0.25, -0.2) is 4.79 Å². The molecule has 1 heterocycles. The van der Waals surface area contributed by atoms with Gasteiger partial charge < -0.3 is 10.4 Å². The monoisotopic (exact) mass is 274 g/mol. The van der Waals surface area contributed by atoms with E-state index in [1.165, 1.54) is 4.90 Å². The molecule has 2 N–H and O–H groups in total. The van der Waals surface area contributed by atoms with Crippen LogP contribution in [0.5, 0.6) is 0 Å². The molecule has 1 fully saturated rings. The van der Waals surface area contributed by atoms with Gasteiger partial charge in [0.25, 0.3) is 0 Å². The lowest BCUT2D eigenvalue weighted by molar-refractivity contribution is -0.129. The van der Waals surface area contributed by atoms with Crippen LogP contribution in [-0.2, 0) is 4.79 Å². The summed E-state index contributed by atoms with van der Waals surface area (Å²) in [6.07, 6.45) is 1.40. The molecule has 5 nitrogen and oxygen atoms in total. The predicted octanol–water partition coefficient (Wildman–Crippen LogP) is 1.94. The number of amides is 2. The molecule has 0 spiro atoms. The number of nitrogens with zero attached hydrogens (tertiary/aromatic N) is 1. The zero-order valence-corrected chi connectivity index (χ0v) is 12.1. The van der Waals surface area contributed by atoms with Gasteiger partial charge >= 0.3 is 6.09 Å². The Bertz CT molecular complexity index is 341. The lowest BCUT2D eigenvalue weighted by Crippen LogP contribution is -2.70. The second kappa shape index (κ2) is 5.38. The van der Waals surface area contributed by atoms with Gasteiger partial charge in [0.2, 0.25) is 5.91 Å². The number of likely N-dealkylation sites (tertiary alicyclic amines) is 1. The minimum atomic E-state index is -0.982. The van der Waals surface area contributed by atoms with E-state index in [1.54, 1.807) is 0 Å². The van der Waals surface area contributed by atoms with Crippen molar-refractivity contribution in [1.82, 2.24) is 10.2 Å². The van der Waals surface area contributed by atoms with Crippen LogP contribution in [-0.4, -0.2) is 40.0 Å². The Labute approximate surface area is 113 Å². The third-order valence-electron chi connectivity index (χ3n) is 3.59. The van der Waals surface area contributed by atoms with Crippen molar-refractivity contribution in [2.45, 2.75) is 45.7 Å². The van der Waals surface area contributed by atoms with Crippen LogP contribution >= 0.6 is 12.6 Å². The van der Waals surface area contributed by atoms with Crippen LogP contribution in [0.25, 0.3) is 0 Å². The lowest BCUT2D eigenvalue weighted by Gasteiger charge is -2.53. The van der Waals surface area contributed by atoms with Gasteiger partial charge in [-0.2, -0.15) is 12.6 Å². The molecule has 0 bridgehead atoms. The first-order valence-electron chi connectivity index (χ1n) is 6.17. The summed E-state index contributed by atoms with van der Waals surface area (Å²) in [5.41, 5.74) is -1.21. The van der Waals surface area contributed by atoms with Crippen LogP contribution in [0.3, 0.4) is 0 Å². The fraction of sp³-hybridized carbons (Fsp3) is 0.833. The van der Waals surface area contributed by atoms with Crippen LogP contribution in [0.4, 0.5) is 4.79 Å². The molecule has 1 aliphatic rings. The van der Waals surface area contributed by atoms with Crippen molar-refractivity contribution < 1.29 is 14.7 Å². The van der Waals surface area contributed by atoms with Gasteiger partial charge in [-0.15, -0.1) is 0 Å². The highest BCUT2D eigenvalue weighted by Gasteiger charge is 2.51. The largest absolute Gasteiger partial charge is 0.465 e. The maximum absolute atomic E-state index is 11.7. The zero-order chi connectivity index (χ0) is 14.0. The summed E-state index contributed by atoms with van der Waals surface area (Å²) in [7, 11) is 0. The van der Waals surface area contributed by atoms with E-state index >= 15 is 0 Å². The van der Waals surface area contributed by atoms with E-state index in [0.717, 1.165) is 12.8 Å². The van der Waals surface area contributed by atoms with E-state index in [9.17, 15) is 14.7 Å². The number of hydrogen-bond acceptors (Lipinski definition) is 3. The molecule has 1 unspecified atom stereocenters. The summed E-state index contributed by atoms with van der Waals surface area (Å²) in [4.78, 5) is 24.5. The fourth-order valence-corrected chi connectivity index (χ4v) is 2.68. The molecule has 104 valence electrons. The minimum absolute atomic E-state index is 0.0608. The minimum Gasteiger partial charge on any atom is -0.465 e. The molecule has 1 aliphatic heterocycles. The SMILES string of the molecule is CC(C)(C)C1(NC(=O)CS)CCCCN1C(=O)O. The van der Waals surface area contributed by atoms with E-state index in [0.29, 0.717) is 13.0 Å². The molecule has 18 heavy (non-hydrogen) atoms. The van der Waals surface area contributed by atoms with E-state index in [4.69, 9.17) is 0 Å². The van der Waals surface area contributed by atoms with Crippen LogP contribution in [0.2, 0.25) is 0 Å². The summed E-state index contributed by atoms with van der Waals surface area (Å²) in [5, 5.41) is 12.3. The second-order valence-electron chi connectivity index (χ2n) is 5.71. The maximum atomic E-state index is 11.7. The molecule has 0 radical (unpaired) electrons. The predicted molar refractivity (Wildman–Crippen MR) is 72.8 cm³/mol. The molecule has 0 aromatic carbocycles. The van der Waals surface area contributed by atoms with Crippen molar-refractivity contribution in [3.63, 3.8) is 0 Å². The van der Waals surface area contributed by atoms with Gasteiger partial charge in [0.15, 0.2) is 0 Å². The summed E-state index contributed by atoms with van der Waals surface area (Å²) in [6.45, 7) is 6.31. The van der Waals surface area contributed by atoms with Crippen molar-refractivity contribution in [3.8, 4) is 0 Å². The first kappa shape index (κ1) is 15.1. The second-order valence-corrected chi connectivity index (χ2v) is 6.02. The number of piperidine rings is 1. The van der Waals surface area contributed by atoms with Crippen molar-refractivity contribution in [2.75, 3.05) is 12.3 Å². The molecule has 1 saturated heterocycles. The number of nitrogens with one attached hydrogen (secondary N) is 1. The summed E-state index contributed by atoms with van der Waals surface area (Å²) in [5.74, 6) is -0.174. The van der Waals surface area contributed by atoms with E-state index in [1.807, 2.05) is 20.8 Å². The molecule has 2 amide bonds. The Hall–Kier alpha value is -0.910. The van der Waals surface area contributed by atoms with Gasteiger partial charge in [0, 0.05) is 12.0 Å². The summed E-state index contributed by atoms with van der Waals surface area (Å²) >= 11 is 3.95. The van der Waals surface area contributed by atoms with Gasteiger partial charge in [-0.05, 0) is 19.3 Å².